The fourth-order valence-corrected chi connectivity index (χ4v) is 3.70. The Morgan fingerprint density at radius 1 is 1.42 bits per heavy atom. The number of anilines is 1. The third-order valence-corrected chi connectivity index (χ3v) is 5.00. The molecule has 1 atom stereocenters. The van der Waals surface area contributed by atoms with Crippen LogP contribution in [0.3, 0.4) is 0 Å². The lowest BCUT2D eigenvalue weighted by Crippen LogP contribution is -2.44. The zero-order chi connectivity index (χ0) is 17.1. The van der Waals surface area contributed by atoms with Crippen LogP contribution in [0.1, 0.15) is 27.3 Å². The molecule has 2 aromatic heterocycles. The molecule has 0 aromatic carbocycles. The van der Waals surface area contributed by atoms with Crippen molar-refractivity contribution in [2.45, 2.75) is 26.3 Å². The van der Waals surface area contributed by atoms with Gasteiger partial charge >= 0.3 is 0 Å². The van der Waals surface area contributed by atoms with E-state index < -0.39 is 0 Å². The summed E-state index contributed by atoms with van der Waals surface area (Å²) in [5, 5.41) is 3.04. The van der Waals surface area contributed by atoms with Crippen molar-refractivity contribution in [1.29, 1.82) is 0 Å². The maximum absolute atomic E-state index is 12.8. The average molecular weight is 346 g/mol. The van der Waals surface area contributed by atoms with Crippen molar-refractivity contribution in [3.8, 4) is 0 Å². The van der Waals surface area contributed by atoms with E-state index in [1.54, 1.807) is 11.3 Å². The minimum Gasteiger partial charge on any atom is -0.377 e. The zero-order valence-corrected chi connectivity index (χ0v) is 15.0. The largest absolute Gasteiger partial charge is 0.377 e. The van der Waals surface area contributed by atoms with Gasteiger partial charge in [-0.1, -0.05) is 0 Å². The molecule has 128 valence electrons. The van der Waals surface area contributed by atoms with Crippen LogP contribution in [0.25, 0.3) is 0 Å². The summed E-state index contributed by atoms with van der Waals surface area (Å²) in [5.74, 6) is 1.49. The monoisotopic (exact) mass is 346 g/mol. The molecule has 6 nitrogen and oxygen atoms in total. The van der Waals surface area contributed by atoms with Crippen LogP contribution in [0.15, 0.2) is 18.2 Å². The molecule has 3 rings (SSSR count). The smallest absolute Gasteiger partial charge is 0.228 e. The summed E-state index contributed by atoms with van der Waals surface area (Å²) in [6.07, 6.45) is 0.416. The maximum atomic E-state index is 12.8. The van der Waals surface area contributed by atoms with Crippen LogP contribution in [0.5, 0.6) is 0 Å². The van der Waals surface area contributed by atoms with Crippen LogP contribution >= 0.6 is 11.3 Å². The highest BCUT2D eigenvalue weighted by Gasteiger charge is 2.31. The van der Waals surface area contributed by atoms with Crippen molar-refractivity contribution in [1.82, 2.24) is 14.9 Å². The summed E-state index contributed by atoms with van der Waals surface area (Å²) < 4.78 is 5.59. The Labute approximate surface area is 145 Å². The maximum Gasteiger partial charge on any atom is 0.228 e. The molecule has 0 aliphatic carbocycles. The fraction of sp³-hybridized carbons (Fsp3) is 0.471. The van der Waals surface area contributed by atoms with Crippen molar-refractivity contribution in [3.63, 3.8) is 0 Å². The first-order valence-electron chi connectivity index (χ1n) is 8.02. The van der Waals surface area contributed by atoms with Gasteiger partial charge in [-0.3, -0.25) is 4.79 Å². The summed E-state index contributed by atoms with van der Waals surface area (Å²) in [6.45, 7) is 5.53. The average Bonchev–Trinajstić information content (AvgIpc) is 2.99. The molecule has 1 saturated heterocycles. The van der Waals surface area contributed by atoms with E-state index in [9.17, 15) is 4.79 Å². The summed E-state index contributed by atoms with van der Waals surface area (Å²) in [7, 11) is 1.82. The zero-order valence-electron chi connectivity index (χ0n) is 14.2. The Hall–Kier alpha value is -1.99. The highest BCUT2D eigenvalue weighted by molar-refractivity contribution is 7.12. The van der Waals surface area contributed by atoms with Crippen molar-refractivity contribution < 1.29 is 9.53 Å². The predicted octanol–water partition coefficient (Wildman–Crippen LogP) is 2.34. The van der Waals surface area contributed by atoms with E-state index in [1.165, 1.54) is 4.88 Å². The predicted molar refractivity (Wildman–Crippen MR) is 94.3 cm³/mol. The van der Waals surface area contributed by atoms with Crippen LogP contribution < -0.4 is 5.32 Å². The molecule has 0 saturated carbocycles. The molecule has 0 bridgehead atoms. The summed E-state index contributed by atoms with van der Waals surface area (Å²) in [6, 6.07) is 5.72. The number of morpholine rings is 1. The summed E-state index contributed by atoms with van der Waals surface area (Å²) in [5.41, 5.74) is 0.871. The van der Waals surface area contributed by atoms with Crippen molar-refractivity contribution in [2.75, 3.05) is 32.1 Å². The lowest BCUT2D eigenvalue weighted by Gasteiger charge is -2.34. The molecule has 1 amide bonds. The second-order valence-electron chi connectivity index (χ2n) is 5.87. The van der Waals surface area contributed by atoms with Gasteiger partial charge in [-0.2, -0.15) is 0 Å². The number of hydrogen-bond donors (Lipinski definition) is 1. The topological polar surface area (TPSA) is 67.4 Å². The number of hydrogen-bond acceptors (Lipinski definition) is 6. The molecule has 3 heterocycles. The molecule has 1 N–H and O–H groups in total. The number of carbonyl (C=O) groups excluding carboxylic acids is 1. The number of aromatic nitrogens is 2. The van der Waals surface area contributed by atoms with Crippen LogP contribution in [-0.4, -0.2) is 47.6 Å². The normalized spacial score (nSPS) is 17.8. The molecule has 0 spiro atoms. The lowest BCUT2D eigenvalue weighted by atomic mass is 10.1. The SMILES string of the molecule is CNc1cc(C)nc(C2COCCN2C(=O)Cc2ccc(C)s2)n1. The first kappa shape index (κ1) is 16.9. The van der Waals surface area contributed by atoms with E-state index in [0.29, 0.717) is 32.0 Å². The second-order valence-corrected chi connectivity index (χ2v) is 7.24. The Bertz CT molecular complexity index is 731. The van der Waals surface area contributed by atoms with Gasteiger partial charge in [0.15, 0.2) is 5.82 Å². The van der Waals surface area contributed by atoms with Crippen molar-refractivity contribution in [3.05, 3.63) is 39.5 Å². The molecule has 1 unspecified atom stereocenters. The van der Waals surface area contributed by atoms with Crippen LogP contribution in [-0.2, 0) is 16.0 Å². The number of ether oxygens (including phenoxy) is 1. The molecule has 2 aromatic rings. The number of rotatable bonds is 4. The Kier molecular flexibility index (Phi) is 5.11. The third kappa shape index (κ3) is 3.73. The van der Waals surface area contributed by atoms with E-state index in [1.807, 2.05) is 37.1 Å². The minimum absolute atomic E-state index is 0.0984. The number of nitrogens with one attached hydrogen (secondary N) is 1. The highest BCUT2D eigenvalue weighted by Crippen LogP contribution is 2.25. The first-order chi connectivity index (χ1) is 11.6. The van der Waals surface area contributed by atoms with Gasteiger partial charge in [0.25, 0.3) is 0 Å². The van der Waals surface area contributed by atoms with Gasteiger partial charge in [-0.25, -0.2) is 9.97 Å². The molecular formula is C17H22N4O2S. The van der Waals surface area contributed by atoms with E-state index >= 15 is 0 Å². The second kappa shape index (κ2) is 7.27. The molecule has 0 radical (unpaired) electrons. The summed E-state index contributed by atoms with van der Waals surface area (Å²) in [4.78, 5) is 26.0. The van der Waals surface area contributed by atoms with E-state index in [4.69, 9.17) is 4.74 Å². The van der Waals surface area contributed by atoms with Gasteiger partial charge in [0, 0.05) is 35.1 Å². The van der Waals surface area contributed by atoms with E-state index in [0.717, 1.165) is 16.4 Å². The molecule has 7 heteroatoms. The van der Waals surface area contributed by atoms with Crippen LogP contribution in [0, 0.1) is 13.8 Å². The number of thiophene rings is 1. The standard InChI is InChI=1S/C17H22N4O2S/c1-11-8-15(18-3)20-17(19-11)14-10-23-7-6-21(14)16(22)9-13-5-4-12(2)24-13/h4-5,8,14H,6-7,9-10H2,1-3H3,(H,18,19,20). The number of carbonyl (C=O) groups is 1. The Morgan fingerprint density at radius 3 is 2.96 bits per heavy atom. The van der Waals surface area contributed by atoms with E-state index in [2.05, 4.69) is 22.2 Å². The Balaban J connectivity index is 1.82. The van der Waals surface area contributed by atoms with Gasteiger partial charge in [0.2, 0.25) is 5.91 Å². The van der Waals surface area contributed by atoms with Crippen molar-refractivity contribution in [2.24, 2.45) is 0 Å². The van der Waals surface area contributed by atoms with Gasteiger partial charge in [0.1, 0.15) is 11.9 Å². The number of nitrogens with zero attached hydrogens (tertiary/aromatic N) is 3. The van der Waals surface area contributed by atoms with Gasteiger partial charge in [0.05, 0.1) is 19.6 Å². The molecule has 1 aliphatic heterocycles. The first-order valence-corrected chi connectivity index (χ1v) is 8.84. The van der Waals surface area contributed by atoms with Gasteiger partial charge in [-0.15, -0.1) is 11.3 Å². The van der Waals surface area contributed by atoms with Crippen molar-refractivity contribution >= 4 is 23.1 Å². The molecule has 1 aliphatic rings. The fourth-order valence-electron chi connectivity index (χ4n) is 2.82. The van der Waals surface area contributed by atoms with Crippen LogP contribution in [0.4, 0.5) is 5.82 Å². The lowest BCUT2D eigenvalue weighted by molar-refractivity contribution is -0.139. The van der Waals surface area contributed by atoms with E-state index in [-0.39, 0.29) is 11.9 Å². The molecule has 1 fully saturated rings. The van der Waals surface area contributed by atoms with Gasteiger partial charge < -0.3 is 15.0 Å². The minimum atomic E-state index is -0.237. The Morgan fingerprint density at radius 2 is 2.25 bits per heavy atom. The number of aryl methyl sites for hydroxylation is 2. The molecular weight excluding hydrogens is 324 g/mol. The number of amides is 1. The summed E-state index contributed by atoms with van der Waals surface area (Å²) >= 11 is 1.67. The molecule has 24 heavy (non-hydrogen) atoms. The quantitative estimate of drug-likeness (QED) is 0.920. The third-order valence-electron chi connectivity index (χ3n) is 4.00. The van der Waals surface area contributed by atoms with Crippen LogP contribution in [0.2, 0.25) is 0 Å². The van der Waals surface area contributed by atoms with Gasteiger partial charge in [-0.05, 0) is 26.0 Å². The highest BCUT2D eigenvalue weighted by atomic mass is 32.1.